The minimum Gasteiger partial charge on any atom is -0.271 e. The van der Waals surface area contributed by atoms with Crippen molar-refractivity contribution in [3.05, 3.63) is 34.9 Å². The van der Waals surface area contributed by atoms with E-state index >= 15 is 0 Å². The number of nitrogens with one attached hydrogen (secondary N) is 1. The van der Waals surface area contributed by atoms with Crippen LogP contribution in [0.4, 0.5) is 0 Å². The minimum atomic E-state index is 0.181. The highest BCUT2D eigenvalue weighted by molar-refractivity contribution is 7.99. The lowest BCUT2D eigenvalue weighted by Crippen LogP contribution is -2.29. The number of hydrogen-bond acceptors (Lipinski definition) is 3. The van der Waals surface area contributed by atoms with Crippen LogP contribution < -0.4 is 11.3 Å². The third-order valence-electron chi connectivity index (χ3n) is 2.09. The summed E-state index contributed by atoms with van der Waals surface area (Å²) in [5, 5.41) is 0.758. The zero-order chi connectivity index (χ0) is 11.1. The standard InChI is InChI=1S/C11H17ClN2S/c1-2-6-15-8-11(14-13)9-4-3-5-10(12)7-9/h3-5,7,11,14H,2,6,8,13H2,1H3. The summed E-state index contributed by atoms with van der Waals surface area (Å²) in [6.45, 7) is 2.18. The van der Waals surface area contributed by atoms with Gasteiger partial charge in [0.05, 0.1) is 6.04 Å². The van der Waals surface area contributed by atoms with Crippen molar-refractivity contribution in [3.63, 3.8) is 0 Å². The van der Waals surface area contributed by atoms with E-state index in [1.54, 1.807) is 0 Å². The Kier molecular flexibility index (Phi) is 6.10. The maximum atomic E-state index is 5.93. The molecule has 0 saturated carbocycles. The van der Waals surface area contributed by atoms with Crippen LogP contribution in [0.3, 0.4) is 0 Å². The van der Waals surface area contributed by atoms with Crippen LogP contribution in [0.25, 0.3) is 0 Å². The molecule has 4 heteroatoms. The second-order valence-corrected chi connectivity index (χ2v) is 4.94. The van der Waals surface area contributed by atoms with Gasteiger partial charge in [-0.1, -0.05) is 30.7 Å². The lowest BCUT2D eigenvalue weighted by atomic mass is 10.1. The Bertz CT molecular complexity index is 294. The Morgan fingerprint density at radius 2 is 2.33 bits per heavy atom. The van der Waals surface area contributed by atoms with Crippen molar-refractivity contribution in [2.75, 3.05) is 11.5 Å². The summed E-state index contributed by atoms with van der Waals surface area (Å²) in [6.07, 6.45) is 1.19. The van der Waals surface area contributed by atoms with Gasteiger partial charge in [-0.3, -0.25) is 11.3 Å². The SMILES string of the molecule is CCCSCC(NN)c1cccc(Cl)c1. The van der Waals surface area contributed by atoms with Gasteiger partial charge in [0.2, 0.25) is 0 Å². The first kappa shape index (κ1) is 12.8. The summed E-state index contributed by atoms with van der Waals surface area (Å²) in [7, 11) is 0. The maximum Gasteiger partial charge on any atom is 0.0550 e. The third-order valence-corrected chi connectivity index (χ3v) is 3.59. The van der Waals surface area contributed by atoms with E-state index in [0.717, 1.165) is 16.3 Å². The number of hydrogen-bond donors (Lipinski definition) is 2. The fraction of sp³-hybridized carbons (Fsp3) is 0.455. The molecule has 2 nitrogen and oxygen atoms in total. The van der Waals surface area contributed by atoms with E-state index in [-0.39, 0.29) is 6.04 Å². The Hall–Kier alpha value is -0.220. The predicted octanol–water partition coefficient (Wildman–Crippen LogP) is 2.99. The molecule has 1 unspecified atom stereocenters. The highest BCUT2D eigenvalue weighted by Crippen LogP contribution is 2.21. The lowest BCUT2D eigenvalue weighted by molar-refractivity contribution is 0.610. The van der Waals surface area contributed by atoms with Crippen LogP contribution in [0.5, 0.6) is 0 Å². The molecule has 0 radical (unpaired) electrons. The van der Waals surface area contributed by atoms with Gasteiger partial charge in [-0.25, -0.2) is 0 Å². The highest BCUT2D eigenvalue weighted by Gasteiger charge is 2.09. The molecule has 0 bridgehead atoms. The van der Waals surface area contributed by atoms with Gasteiger partial charge < -0.3 is 0 Å². The van der Waals surface area contributed by atoms with Crippen LogP contribution in [0, 0.1) is 0 Å². The molecular weight excluding hydrogens is 228 g/mol. The summed E-state index contributed by atoms with van der Waals surface area (Å²) in [5.41, 5.74) is 3.97. The largest absolute Gasteiger partial charge is 0.271 e. The Morgan fingerprint density at radius 3 is 2.93 bits per heavy atom. The van der Waals surface area contributed by atoms with Crippen molar-refractivity contribution in [3.8, 4) is 0 Å². The minimum absolute atomic E-state index is 0.181. The zero-order valence-electron chi connectivity index (χ0n) is 8.87. The molecule has 1 rings (SSSR count). The van der Waals surface area contributed by atoms with E-state index in [9.17, 15) is 0 Å². The summed E-state index contributed by atoms with van der Waals surface area (Å²) in [6, 6.07) is 8.01. The van der Waals surface area contributed by atoms with Gasteiger partial charge in [0.25, 0.3) is 0 Å². The molecule has 0 aromatic heterocycles. The highest BCUT2D eigenvalue weighted by atomic mass is 35.5. The number of halogens is 1. The van der Waals surface area contributed by atoms with Crippen LogP contribution in [0.1, 0.15) is 24.9 Å². The normalized spacial score (nSPS) is 12.7. The monoisotopic (exact) mass is 244 g/mol. The summed E-state index contributed by atoms with van der Waals surface area (Å²) in [4.78, 5) is 0. The lowest BCUT2D eigenvalue weighted by Gasteiger charge is -2.15. The van der Waals surface area contributed by atoms with Crippen molar-refractivity contribution >= 4 is 23.4 Å². The summed E-state index contributed by atoms with van der Waals surface area (Å²) in [5.74, 6) is 7.67. The number of hydrazine groups is 1. The third kappa shape index (κ3) is 4.43. The molecule has 0 aliphatic rings. The molecule has 84 valence electrons. The van der Waals surface area contributed by atoms with Gasteiger partial charge >= 0.3 is 0 Å². The molecule has 1 atom stereocenters. The van der Waals surface area contributed by atoms with Gasteiger partial charge in [0.15, 0.2) is 0 Å². The van der Waals surface area contributed by atoms with Crippen molar-refractivity contribution in [1.29, 1.82) is 0 Å². The molecule has 0 amide bonds. The van der Waals surface area contributed by atoms with Crippen LogP contribution >= 0.6 is 23.4 Å². The second-order valence-electron chi connectivity index (χ2n) is 3.35. The second kappa shape index (κ2) is 7.12. The fourth-order valence-electron chi connectivity index (χ4n) is 1.31. The van der Waals surface area contributed by atoms with Crippen molar-refractivity contribution in [1.82, 2.24) is 5.43 Å². The average molecular weight is 245 g/mol. The quantitative estimate of drug-likeness (QED) is 0.459. The van der Waals surface area contributed by atoms with Crippen LogP contribution in [-0.4, -0.2) is 11.5 Å². The van der Waals surface area contributed by atoms with Crippen LogP contribution in [0.15, 0.2) is 24.3 Å². The fourth-order valence-corrected chi connectivity index (χ4v) is 2.49. The first-order valence-electron chi connectivity index (χ1n) is 5.07. The first-order chi connectivity index (χ1) is 7.27. The van der Waals surface area contributed by atoms with E-state index in [0.29, 0.717) is 0 Å². The van der Waals surface area contributed by atoms with Gasteiger partial charge in [0, 0.05) is 10.8 Å². The Labute approximate surface area is 101 Å². The molecule has 0 aliphatic carbocycles. The predicted molar refractivity (Wildman–Crippen MR) is 69.1 cm³/mol. The summed E-state index contributed by atoms with van der Waals surface area (Å²) < 4.78 is 0. The van der Waals surface area contributed by atoms with E-state index in [4.69, 9.17) is 17.4 Å². The molecule has 15 heavy (non-hydrogen) atoms. The van der Waals surface area contributed by atoms with Gasteiger partial charge in [-0.2, -0.15) is 11.8 Å². The molecule has 0 aliphatic heterocycles. The number of rotatable bonds is 6. The molecule has 0 spiro atoms. The molecule has 3 N–H and O–H groups in total. The number of benzene rings is 1. The molecule has 0 heterocycles. The van der Waals surface area contributed by atoms with Crippen LogP contribution in [-0.2, 0) is 0 Å². The Morgan fingerprint density at radius 1 is 1.53 bits per heavy atom. The van der Waals surface area contributed by atoms with Crippen LogP contribution in [0.2, 0.25) is 5.02 Å². The van der Waals surface area contributed by atoms with Gasteiger partial charge in [-0.05, 0) is 29.9 Å². The van der Waals surface area contributed by atoms with Gasteiger partial charge in [0.1, 0.15) is 0 Å². The van der Waals surface area contributed by atoms with E-state index < -0.39 is 0 Å². The molecule has 1 aromatic rings. The van der Waals surface area contributed by atoms with E-state index in [2.05, 4.69) is 12.3 Å². The average Bonchev–Trinajstić information content (AvgIpc) is 2.24. The topological polar surface area (TPSA) is 38.0 Å². The Balaban J connectivity index is 2.57. The zero-order valence-corrected chi connectivity index (χ0v) is 10.4. The molecule has 0 saturated heterocycles. The molecular formula is C11H17ClN2S. The first-order valence-corrected chi connectivity index (χ1v) is 6.60. The van der Waals surface area contributed by atoms with E-state index in [1.165, 1.54) is 12.2 Å². The van der Waals surface area contributed by atoms with Gasteiger partial charge in [-0.15, -0.1) is 0 Å². The van der Waals surface area contributed by atoms with Crippen molar-refractivity contribution < 1.29 is 0 Å². The number of thioether (sulfide) groups is 1. The van der Waals surface area contributed by atoms with Crippen molar-refractivity contribution in [2.24, 2.45) is 5.84 Å². The molecule has 1 aromatic carbocycles. The smallest absolute Gasteiger partial charge is 0.0550 e. The van der Waals surface area contributed by atoms with Crippen molar-refractivity contribution in [2.45, 2.75) is 19.4 Å². The molecule has 0 fully saturated rings. The number of nitrogens with two attached hydrogens (primary N) is 1. The summed E-state index contributed by atoms with van der Waals surface area (Å²) >= 11 is 7.83. The van der Waals surface area contributed by atoms with E-state index in [1.807, 2.05) is 36.0 Å². The maximum absolute atomic E-state index is 5.93.